The number of ether oxygens (including phenoxy) is 1. The number of likely N-dealkylation sites (N-methyl/N-ethyl adjacent to an activating group) is 1. The molecule has 8 heteroatoms. The minimum atomic E-state index is -0.525. The molecule has 0 aliphatic heterocycles. The Hall–Kier alpha value is -2.48. The van der Waals surface area contributed by atoms with Crippen LogP contribution < -0.4 is 4.90 Å². The van der Waals surface area contributed by atoms with Crippen molar-refractivity contribution in [2.45, 2.75) is 27.7 Å². The van der Waals surface area contributed by atoms with Crippen molar-refractivity contribution in [2.24, 2.45) is 0 Å². The molecule has 0 spiro atoms. The maximum absolute atomic E-state index is 13.7. The van der Waals surface area contributed by atoms with Gasteiger partial charge in [-0.05, 0) is 56.3 Å². The number of halogens is 1. The molecule has 1 aromatic heterocycles. The van der Waals surface area contributed by atoms with Crippen molar-refractivity contribution >= 4 is 51.0 Å². The smallest absolute Gasteiger partial charge is 0.338 e. The normalized spacial score (nSPS) is 10.8. The van der Waals surface area contributed by atoms with Gasteiger partial charge in [-0.25, -0.2) is 9.78 Å². The van der Waals surface area contributed by atoms with E-state index in [1.54, 1.807) is 29.2 Å². The second kappa shape index (κ2) is 11.4. The molecule has 6 nitrogen and oxygen atoms in total. The Bertz CT molecular complexity index is 1100. The Morgan fingerprint density at radius 3 is 2.28 bits per heavy atom. The van der Waals surface area contributed by atoms with Crippen molar-refractivity contribution in [3.05, 3.63) is 58.7 Å². The highest BCUT2D eigenvalue weighted by Gasteiger charge is 2.26. The molecular weight excluding hydrogens is 446 g/mol. The zero-order chi connectivity index (χ0) is 22.5. The number of fused-ring (bicyclic) bond motifs is 1. The van der Waals surface area contributed by atoms with E-state index < -0.39 is 5.97 Å². The van der Waals surface area contributed by atoms with Gasteiger partial charge < -0.3 is 9.64 Å². The summed E-state index contributed by atoms with van der Waals surface area (Å²) in [6, 6.07) is 10.9. The molecule has 0 aliphatic rings. The third-order valence-corrected chi connectivity index (χ3v) is 6.69. The molecule has 0 saturated carbocycles. The first-order valence-corrected chi connectivity index (χ1v) is 11.3. The number of benzene rings is 2. The molecule has 0 atom stereocenters. The van der Waals surface area contributed by atoms with Gasteiger partial charge in [-0.15, -0.1) is 12.4 Å². The summed E-state index contributed by atoms with van der Waals surface area (Å²) < 4.78 is 5.93. The topological polar surface area (TPSA) is 62.7 Å². The summed E-state index contributed by atoms with van der Waals surface area (Å²) in [7, 11) is 1.32. The number of methoxy groups -OCH3 is 1. The van der Waals surface area contributed by atoms with Gasteiger partial charge in [0.2, 0.25) is 0 Å². The summed E-state index contributed by atoms with van der Waals surface area (Å²) in [5.41, 5.74) is 3.78. The number of carbonyl (C=O) groups is 2. The highest BCUT2D eigenvalue weighted by Crippen LogP contribution is 2.33. The monoisotopic (exact) mass is 475 g/mol. The molecule has 1 amide bonds. The van der Waals surface area contributed by atoms with Gasteiger partial charge in [-0.3, -0.25) is 9.69 Å². The molecule has 2 aromatic carbocycles. The maximum Gasteiger partial charge on any atom is 0.338 e. The maximum atomic E-state index is 13.7. The van der Waals surface area contributed by atoms with Crippen molar-refractivity contribution < 1.29 is 14.3 Å². The number of nitrogens with zero attached hydrogens (tertiary/aromatic N) is 3. The number of thiazole rings is 1. The molecule has 0 N–H and O–H groups in total. The van der Waals surface area contributed by atoms with Crippen LogP contribution in [0.2, 0.25) is 0 Å². The van der Waals surface area contributed by atoms with E-state index >= 15 is 0 Å². The molecule has 1 heterocycles. The first kappa shape index (κ1) is 25.8. The minimum absolute atomic E-state index is 0. The first-order valence-electron chi connectivity index (χ1n) is 10.5. The molecular formula is C24H30ClN3O3S. The largest absolute Gasteiger partial charge is 0.465 e. The Kier molecular flexibility index (Phi) is 9.19. The van der Waals surface area contributed by atoms with Gasteiger partial charge in [0.25, 0.3) is 5.91 Å². The molecule has 0 radical (unpaired) electrons. The highest BCUT2D eigenvalue weighted by atomic mass is 35.5. The summed E-state index contributed by atoms with van der Waals surface area (Å²) >= 11 is 1.50. The molecule has 0 fully saturated rings. The van der Waals surface area contributed by atoms with Gasteiger partial charge in [-0.1, -0.05) is 43.4 Å². The number of carbonyl (C=O) groups excluding carboxylic acids is 2. The third-order valence-electron chi connectivity index (χ3n) is 5.65. The van der Waals surface area contributed by atoms with E-state index in [0.717, 1.165) is 28.9 Å². The van der Waals surface area contributed by atoms with Crippen molar-refractivity contribution in [2.75, 3.05) is 38.2 Å². The van der Waals surface area contributed by atoms with Gasteiger partial charge in [0.05, 0.1) is 28.5 Å². The highest BCUT2D eigenvalue weighted by molar-refractivity contribution is 7.22. The molecule has 3 aromatic rings. The van der Waals surface area contributed by atoms with E-state index in [0.29, 0.717) is 23.8 Å². The predicted molar refractivity (Wildman–Crippen MR) is 134 cm³/mol. The molecule has 0 saturated heterocycles. The Labute approximate surface area is 199 Å². The van der Waals surface area contributed by atoms with Crippen molar-refractivity contribution in [3.8, 4) is 0 Å². The van der Waals surface area contributed by atoms with Gasteiger partial charge in [0.1, 0.15) is 0 Å². The van der Waals surface area contributed by atoms with E-state index in [2.05, 4.69) is 38.7 Å². The molecule has 3 rings (SSSR count). The fourth-order valence-electron chi connectivity index (χ4n) is 3.50. The zero-order valence-corrected chi connectivity index (χ0v) is 20.8. The van der Waals surface area contributed by atoms with Crippen LogP contribution in [0.15, 0.2) is 36.4 Å². The van der Waals surface area contributed by atoms with E-state index in [1.807, 2.05) is 6.07 Å². The van der Waals surface area contributed by atoms with Crippen LogP contribution >= 0.6 is 23.7 Å². The minimum Gasteiger partial charge on any atom is -0.465 e. The van der Waals surface area contributed by atoms with Crippen LogP contribution in [0, 0.1) is 13.8 Å². The van der Waals surface area contributed by atoms with Gasteiger partial charge in [0, 0.05) is 13.1 Å². The summed E-state index contributed by atoms with van der Waals surface area (Å²) in [6.07, 6.45) is 0. The van der Waals surface area contributed by atoms with Crippen molar-refractivity contribution in [1.82, 2.24) is 9.88 Å². The molecule has 172 valence electrons. The molecule has 0 unspecified atom stereocenters. The summed E-state index contributed by atoms with van der Waals surface area (Å²) in [4.78, 5) is 34.7. The van der Waals surface area contributed by atoms with E-state index in [1.165, 1.54) is 24.0 Å². The van der Waals surface area contributed by atoms with Crippen molar-refractivity contribution in [3.63, 3.8) is 0 Å². The Morgan fingerprint density at radius 1 is 1.00 bits per heavy atom. The number of hydrogen-bond donors (Lipinski definition) is 0. The summed E-state index contributed by atoms with van der Waals surface area (Å²) in [6.45, 7) is 11.3. The lowest BCUT2D eigenvalue weighted by Gasteiger charge is -2.25. The van der Waals surface area contributed by atoms with Crippen LogP contribution in [0.3, 0.4) is 0 Å². The number of anilines is 1. The third kappa shape index (κ3) is 5.28. The van der Waals surface area contributed by atoms with Crippen LogP contribution in [0.5, 0.6) is 0 Å². The lowest BCUT2D eigenvalue weighted by atomic mass is 10.1. The van der Waals surface area contributed by atoms with E-state index in [-0.39, 0.29) is 23.9 Å². The first-order chi connectivity index (χ1) is 14.9. The number of hydrogen-bond acceptors (Lipinski definition) is 6. The lowest BCUT2D eigenvalue weighted by molar-refractivity contribution is 0.0597. The summed E-state index contributed by atoms with van der Waals surface area (Å²) in [5, 5.41) is 0.639. The standard InChI is InChI=1S/C24H29N3O3S.ClH/c1-6-26(7-2)14-15-27(22(28)18-10-8-9-11-19(18)23(29)30-5)24-25-21-17(4)16(3)12-13-20(21)31-24;/h8-13H,6-7,14-15H2,1-5H3;1H. The van der Waals surface area contributed by atoms with Crippen LogP contribution in [0.1, 0.15) is 45.7 Å². The molecule has 32 heavy (non-hydrogen) atoms. The fraction of sp³-hybridized carbons (Fsp3) is 0.375. The van der Waals surface area contributed by atoms with Crippen LogP contribution in [0.25, 0.3) is 10.2 Å². The Morgan fingerprint density at radius 2 is 1.66 bits per heavy atom. The van der Waals surface area contributed by atoms with Crippen LogP contribution in [-0.4, -0.2) is 55.0 Å². The average molecular weight is 476 g/mol. The van der Waals surface area contributed by atoms with Crippen molar-refractivity contribution in [1.29, 1.82) is 0 Å². The van der Waals surface area contributed by atoms with Crippen LogP contribution in [0.4, 0.5) is 5.13 Å². The number of aromatic nitrogens is 1. The summed E-state index contributed by atoms with van der Waals surface area (Å²) in [5.74, 6) is -0.773. The number of rotatable bonds is 8. The van der Waals surface area contributed by atoms with E-state index in [9.17, 15) is 9.59 Å². The lowest BCUT2D eigenvalue weighted by Crippen LogP contribution is -2.39. The molecule has 0 bridgehead atoms. The van der Waals surface area contributed by atoms with Gasteiger partial charge >= 0.3 is 5.97 Å². The SMILES string of the molecule is CCN(CC)CCN(C(=O)c1ccccc1C(=O)OC)c1nc2c(C)c(C)ccc2s1.Cl. The van der Waals surface area contributed by atoms with E-state index in [4.69, 9.17) is 9.72 Å². The molecule has 0 aliphatic carbocycles. The van der Waals surface area contributed by atoms with Gasteiger partial charge in [0.15, 0.2) is 5.13 Å². The quantitative estimate of drug-likeness (QED) is 0.423. The number of esters is 1. The second-order valence-electron chi connectivity index (χ2n) is 7.37. The second-order valence-corrected chi connectivity index (χ2v) is 8.38. The number of aryl methyl sites for hydroxylation is 2. The average Bonchev–Trinajstić information content (AvgIpc) is 3.23. The zero-order valence-electron chi connectivity index (χ0n) is 19.2. The van der Waals surface area contributed by atoms with Crippen LogP contribution in [-0.2, 0) is 4.74 Å². The Balaban J connectivity index is 0.00000363. The number of amides is 1. The fourth-order valence-corrected chi connectivity index (χ4v) is 4.55. The van der Waals surface area contributed by atoms with Gasteiger partial charge in [-0.2, -0.15) is 0 Å². The predicted octanol–water partition coefficient (Wildman–Crippen LogP) is 5.11.